The summed E-state index contributed by atoms with van der Waals surface area (Å²) in [7, 11) is 0. The van der Waals surface area contributed by atoms with E-state index in [1.165, 1.54) is 0 Å². The summed E-state index contributed by atoms with van der Waals surface area (Å²) >= 11 is 0. The highest BCUT2D eigenvalue weighted by Crippen LogP contribution is 2.38. The highest BCUT2D eigenvalue weighted by Gasteiger charge is 2.30. The van der Waals surface area contributed by atoms with Gasteiger partial charge >= 0.3 is 5.97 Å². The molecule has 1 rings (SSSR count). The topological polar surface area (TPSA) is 50.1 Å². The Morgan fingerprint density at radius 1 is 1.31 bits per heavy atom. The second-order valence-corrected chi connectivity index (χ2v) is 5.66. The van der Waals surface area contributed by atoms with E-state index in [1.807, 2.05) is 6.07 Å². The third-order valence-electron chi connectivity index (χ3n) is 3.42. The first-order valence-corrected chi connectivity index (χ1v) is 6.00. The Bertz CT molecular complexity index is 277. The van der Waals surface area contributed by atoms with Crippen LogP contribution in [0.15, 0.2) is 0 Å². The number of nitrogens with zero attached hydrogens (tertiary/aromatic N) is 1. The molecule has 0 aromatic rings. The van der Waals surface area contributed by atoms with Gasteiger partial charge in [0.05, 0.1) is 6.07 Å². The third kappa shape index (κ3) is 3.84. The molecule has 1 aliphatic carbocycles. The summed E-state index contributed by atoms with van der Waals surface area (Å²) < 4.78 is 5.23. The van der Waals surface area contributed by atoms with Crippen molar-refractivity contribution in [2.75, 3.05) is 0 Å². The maximum atomic E-state index is 11.1. The Hall–Kier alpha value is -1.04. The van der Waals surface area contributed by atoms with Gasteiger partial charge in [-0.05, 0) is 37.0 Å². The van der Waals surface area contributed by atoms with E-state index in [9.17, 15) is 4.79 Å². The van der Waals surface area contributed by atoms with Crippen molar-refractivity contribution in [3.8, 4) is 6.07 Å². The van der Waals surface area contributed by atoms with Gasteiger partial charge in [0.25, 0.3) is 0 Å². The zero-order valence-corrected chi connectivity index (χ0v) is 10.5. The molecule has 16 heavy (non-hydrogen) atoms. The molecule has 3 heteroatoms. The number of hydrogen-bond donors (Lipinski definition) is 0. The Morgan fingerprint density at radius 3 is 2.31 bits per heavy atom. The van der Waals surface area contributed by atoms with Crippen molar-refractivity contribution in [1.29, 1.82) is 5.26 Å². The first kappa shape index (κ1) is 13.0. The average Bonchev–Trinajstić information content (AvgIpc) is 2.17. The van der Waals surface area contributed by atoms with Gasteiger partial charge in [0.1, 0.15) is 12.5 Å². The average molecular weight is 223 g/mol. The van der Waals surface area contributed by atoms with Gasteiger partial charge in [-0.2, -0.15) is 5.26 Å². The van der Waals surface area contributed by atoms with Crippen molar-refractivity contribution >= 4 is 5.97 Å². The van der Waals surface area contributed by atoms with Crippen LogP contribution in [0, 0.1) is 22.7 Å². The first-order chi connectivity index (χ1) is 7.43. The van der Waals surface area contributed by atoms with Gasteiger partial charge in [-0.25, -0.2) is 0 Å². The fourth-order valence-corrected chi connectivity index (χ4v) is 2.34. The fraction of sp³-hybridized carbons (Fsp3) is 0.846. The number of carbonyl (C=O) groups excluding carboxylic acids is 1. The number of ether oxygens (including phenoxy) is 1. The van der Waals surface area contributed by atoms with Crippen LogP contribution in [0.5, 0.6) is 0 Å². The lowest BCUT2D eigenvalue weighted by Crippen LogP contribution is -2.30. The van der Waals surface area contributed by atoms with Crippen LogP contribution in [-0.2, 0) is 9.53 Å². The van der Waals surface area contributed by atoms with E-state index in [1.54, 1.807) is 0 Å². The molecular weight excluding hydrogens is 202 g/mol. The summed E-state index contributed by atoms with van der Waals surface area (Å²) in [5.74, 6) is 0.347. The third-order valence-corrected chi connectivity index (χ3v) is 3.42. The van der Waals surface area contributed by atoms with E-state index in [0.717, 1.165) is 31.6 Å². The van der Waals surface area contributed by atoms with Gasteiger partial charge in [0.2, 0.25) is 0 Å². The fourth-order valence-electron chi connectivity index (χ4n) is 2.34. The van der Waals surface area contributed by atoms with E-state index in [-0.39, 0.29) is 18.5 Å². The largest absolute Gasteiger partial charge is 0.462 e. The van der Waals surface area contributed by atoms with Gasteiger partial charge in [-0.15, -0.1) is 0 Å². The normalized spacial score (nSPS) is 25.9. The van der Waals surface area contributed by atoms with Crippen LogP contribution in [0.4, 0.5) is 0 Å². The number of rotatable bonds is 2. The summed E-state index contributed by atoms with van der Waals surface area (Å²) in [5.41, 5.74) is 0.349. The van der Waals surface area contributed by atoms with Crippen LogP contribution < -0.4 is 0 Å². The maximum Gasteiger partial charge on any atom is 0.320 e. The monoisotopic (exact) mass is 223 g/mol. The van der Waals surface area contributed by atoms with Crippen LogP contribution >= 0.6 is 0 Å². The van der Waals surface area contributed by atoms with E-state index >= 15 is 0 Å². The van der Waals surface area contributed by atoms with E-state index in [0.29, 0.717) is 5.41 Å². The summed E-state index contributed by atoms with van der Waals surface area (Å²) in [4.78, 5) is 11.1. The minimum absolute atomic E-state index is 0.0412. The molecule has 0 aromatic heterocycles. The summed E-state index contributed by atoms with van der Waals surface area (Å²) in [6, 6.07) is 1.82. The van der Waals surface area contributed by atoms with Crippen molar-refractivity contribution in [3.05, 3.63) is 0 Å². The Morgan fingerprint density at radius 2 is 1.88 bits per heavy atom. The highest BCUT2D eigenvalue weighted by atomic mass is 16.5. The molecule has 1 saturated carbocycles. The molecule has 90 valence electrons. The molecule has 1 fully saturated rings. The standard InChI is InChI=1S/C13H21NO2/c1-13(2,3)10-4-6-11(7-5-10)16-12(15)8-9-14/h10-11H,4-8H2,1-3H3. The zero-order valence-electron chi connectivity index (χ0n) is 10.5. The van der Waals surface area contributed by atoms with Crippen molar-refractivity contribution in [2.45, 2.75) is 59.0 Å². The molecule has 0 bridgehead atoms. The molecular formula is C13H21NO2. The minimum Gasteiger partial charge on any atom is -0.462 e. The number of hydrogen-bond acceptors (Lipinski definition) is 3. The van der Waals surface area contributed by atoms with Crippen LogP contribution in [0.25, 0.3) is 0 Å². The minimum atomic E-state index is -0.373. The maximum absolute atomic E-state index is 11.1. The number of esters is 1. The molecule has 0 aromatic carbocycles. The van der Waals surface area contributed by atoms with Crippen LogP contribution in [0.1, 0.15) is 52.9 Å². The molecule has 0 saturated heterocycles. The predicted molar refractivity (Wildman–Crippen MR) is 61.5 cm³/mol. The lowest BCUT2D eigenvalue weighted by molar-refractivity contribution is -0.150. The zero-order chi connectivity index (χ0) is 12.2. The number of nitriles is 1. The van der Waals surface area contributed by atoms with Gasteiger partial charge < -0.3 is 4.74 Å². The molecule has 0 unspecified atom stereocenters. The lowest BCUT2D eigenvalue weighted by atomic mass is 9.72. The van der Waals surface area contributed by atoms with Gasteiger partial charge in [-0.1, -0.05) is 20.8 Å². The molecule has 0 N–H and O–H groups in total. The Kier molecular flexibility index (Phi) is 4.35. The molecule has 0 heterocycles. The molecule has 0 radical (unpaired) electrons. The lowest BCUT2D eigenvalue weighted by Gasteiger charge is -2.36. The quantitative estimate of drug-likeness (QED) is 0.676. The molecule has 1 aliphatic rings. The summed E-state index contributed by atoms with van der Waals surface area (Å²) in [6.07, 6.45) is 4.04. The van der Waals surface area contributed by atoms with Gasteiger partial charge in [0.15, 0.2) is 0 Å². The number of carbonyl (C=O) groups is 1. The van der Waals surface area contributed by atoms with Crippen molar-refractivity contribution < 1.29 is 9.53 Å². The molecule has 0 spiro atoms. The van der Waals surface area contributed by atoms with Crippen molar-refractivity contribution in [3.63, 3.8) is 0 Å². The highest BCUT2D eigenvalue weighted by molar-refractivity contribution is 5.71. The van der Waals surface area contributed by atoms with E-state index in [4.69, 9.17) is 10.00 Å². The van der Waals surface area contributed by atoms with Crippen molar-refractivity contribution in [1.82, 2.24) is 0 Å². The summed E-state index contributed by atoms with van der Waals surface area (Å²) in [6.45, 7) is 6.79. The van der Waals surface area contributed by atoms with Crippen LogP contribution in [-0.4, -0.2) is 12.1 Å². The van der Waals surface area contributed by atoms with E-state index < -0.39 is 0 Å². The SMILES string of the molecule is CC(C)(C)C1CCC(OC(=O)CC#N)CC1. The molecule has 3 nitrogen and oxygen atoms in total. The van der Waals surface area contributed by atoms with Gasteiger partial charge in [0, 0.05) is 0 Å². The Balaban J connectivity index is 2.33. The predicted octanol–water partition coefficient (Wildman–Crippen LogP) is 3.05. The second kappa shape index (κ2) is 5.34. The first-order valence-electron chi connectivity index (χ1n) is 6.00. The smallest absolute Gasteiger partial charge is 0.320 e. The van der Waals surface area contributed by atoms with Crippen molar-refractivity contribution in [2.24, 2.45) is 11.3 Å². The molecule has 0 atom stereocenters. The van der Waals surface area contributed by atoms with Crippen LogP contribution in [0.3, 0.4) is 0 Å². The summed E-state index contributed by atoms with van der Waals surface area (Å²) in [5, 5.41) is 8.36. The molecule has 0 aliphatic heterocycles. The Labute approximate surface area is 97.8 Å². The molecule has 0 amide bonds. The van der Waals surface area contributed by atoms with Crippen LogP contribution in [0.2, 0.25) is 0 Å². The van der Waals surface area contributed by atoms with E-state index in [2.05, 4.69) is 20.8 Å². The second-order valence-electron chi connectivity index (χ2n) is 5.66. The van der Waals surface area contributed by atoms with Gasteiger partial charge in [-0.3, -0.25) is 4.79 Å².